The summed E-state index contributed by atoms with van der Waals surface area (Å²) in [4.78, 5) is 4.28. The normalized spacial score (nSPS) is 15.2. The molecule has 2 N–H and O–H groups in total. The summed E-state index contributed by atoms with van der Waals surface area (Å²) < 4.78 is 12.9. The first-order chi connectivity index (χ1) is 9.63. The van der Waals surface area contributed by atoms with Crippen LogP contribution >= 0.6 is 0 Å². The number of hydrogen-bond acceptors (Lipinski definition) is 5. The number of ether oxygens (including phenoxy) is 2. The van der Waals surface area contributed by atoms with E-state index in [4.69, 9.17) is 15.2 Å². The molecule has 3 rings (SSSR count). The van der Waals surface area contributed by atoms with Crippen molar-refractivity contribution in [3.8, 4) is 11.5 Å². The molecule has 1 atom stereocenters. The van der Waals surface area contributed by atoms with Gasteiger partial charge in [0.05, 0.1) is 6.54 Å². The fourth-order valence-corrected chi connectivity index (χ4v) is 2.32. The van der Waals surface area contributed by atoms with E-state index in [9.17, 15) is 0 Å². The van der Waals surface area contributed by atoms with Crippen molar-refractivity contribution >= 4 is 0 Å². The van der Waals surface area contributed by atoms with E-state index in [1.165, 1.54) is 0 Å². The third-order valence-corrected chi connectivity index (χ3v) is 3.33. The zero-order valence-electron chi connectivity index (χ0n) is 11.7. The molecule has 6 nitrogen and oxygen atoms in total. The summed E-state index contributed by atoms with van der Waals surface area (Å²) >= 11 is 0. The number of nitrogens with zero attached hydrogens (tertiary/aromatic N) is 3. The van der Waals surface area contributed by atoms with Crippen molar-refractivity contribution in [1.29, 1.82) is 0 Å². The summed E-state index contributed by atoms with van der Waals surface area (Å²) in [5.41, 5.74) is 7.25. The highest BCUT2D eigenvalue weighted by molar-refractivity contribution is 5.44. The monoisotopic (exact) mass is 274 g/mol. The first-order valence-corrected chi connectivity index (χ1v) is 6.66. The number of benzene rings is 1. The molecule has 0 spiro atoms. The van der Waals surface area contributed by atoms with E-state index in [1.54, 1.807) is 0 Å². The lowest BCUT2D eigenvalue weighted by atomic mass is 10.1. The second-order valence-corrected chi connectivity index (χ2v) is 4.90. The zero-order chi connectivity index (χ0) is 14.1. The van der Waals surface area contributed by atoms with E-state index in [-0.39, 0.29) is 6.04 Å². The number of fused-ring (bicyclic) bond motifs is 1. The SMILES string of the molecule is Cc1nc(C)n(CC(N)c2ccc3c(c2)OCCO3)n1. The molecule has 1 aliphatic rings. The topological polar surface area (TPSA) is 75.2 Å². The molecule has 0 aliphatic carbocycles. The molecule has 0 saturated heterocycles. The number of hydrogen-bond donors (Lipinski definition) is 1. The minimum absolute atomic E-state index is 0.161. The molecular weight excluding hydrogens is 256 g/mol. The molecular formula is C14H18N4O2. The smallest absolute Gasteiger partial charge is 0.161 e. The molecule has 1 aromatic heterocycles. The van der Waals surface area contributed by atoms with Gasteiger partial charge >= 0.3 is 0 Å². The van der Waals surface area contributed by atoms with Crippen LogP contribution in [0.5, 0.6) is 11.5 Å². The van der Waals surface area contributed by atoms with Crippen LogP contribution in [0.3, 0.4) is 0 Å². The molecule has 20 heavy (non-hydrogen) atoms. The molecule has 6 heteroatoms. The summed E-state index contributed by atoms with van der Waals surface area (Å²) in [5, 5.41) is 4.33. The highest BCUT2D eigenvalue weighted by Crippen LogP contribution is 2.32. The largest absolute Gasteiger partial charge is 0.486 e. The van der Waals surface area contributed by atoms with Crippen LogP contribution in [0.1, 0.15) is 23.3 Å². The van der Waals surface area contributed by atoms with Crippen molar-refractivity contribution in [2.75, 3.05) is 13.2 Å². The summed E-state index contributed by atoms with van der Waals surface area (Å²) in [6, 6.07) is 5.66. The van der Waals surface area contributed by atoms with Gasteiger partial charge in [0, 0.05) is 6.04 Å². The van der Waals surface area contributed by atoms with Crippen molar-refractivity contribution < 1.29 is 9.47 Å². The molecule has 1 unspecified atom stereocenters. The maximum absolute atomic E-state index is 6.25. The summed E-state index contributed by atoms with van der Waals surface area (Å²) in [7, 11) is 0. The van der Waals surface area contributed by atoms with Gasteiger partial charge in [0.1, 0.15) is 24.9 Å². The van der Waals surface area contributed by atoms with Crippen LogP contribution in [0.2, 0.25) is 0 Å². The van der Waals surface area contributed by atoms with Crippen molar-refractivity contribution in [3.05, 3.63) is 35.4 Å². The molecule has 106 valence electrons. The van der Waals surface area contributed by atoms with Crippen LogP contribution < -0.4 is 15.2 Å². The van der Waals surface area contributed by atoms with Crippen molar-refractivity contribution in [1.82, 2.24) is 14.8 Å². The van der Waals surface area contributed by atoms with E-state index in [2.05, 4.69) is 10.1 Å². The molecule has 0 saturated carbocycles. The second-order valence-electron chi connectivity index (χ2n) is 4.90. The summed E-state index contributed by atoms with van der Waals surface area (Å²) in [5.74, 6) is 3.17. The maximum atomic E-state index is 6.25. The fourth-order valence-electron chi connectivity index (χ4n) is 2.32. The van der Waals surface area contributed by atoms with E-state index in [0.29, 0.717) is 19.8 Å². The minimum atomic E-state index is -0.161. The molecule has 0 amide bonds. The Kier molecular flexibility index (Phi) is 3.31. The van der Waals surface area contributed by atoms with Gasteiger partial charge in [-0.1, -0.05) is 6.07 Å². The average Bonchev–Trinajstić information content (AvgIpc) is 2.76. The van der Waals surface area contributed by atoms with Gasteiger partial charge in [0.25, 0.3) is 0 Å². The van der Waals surface area contributed by atoms with Gasteiger partial charge in [-0.25, -0.2) is 9.67 Å². The minimum Gasteiger partial charge on any atom is -0.486 e. The Hall–Kier alpha value is -2.08. The third-order valence-electron chi connectivity index (χ3n) is 3.33. The Morgan fingerprint density at radius 3 is 2.70 bits per heavy atom. The van der Waals surface area contributed by atoms with E-state index in [0.717, 1.165) is 28.7 Å². The molecule has 2 aromatic rings. The summed E-state index contributed by atoms with van der Waals surface area (Å²) in [6.45, 7) is 5.56. The maximum Gasteiger partial charge on any atom is 0.161 e. The van der Waals surface area contributed by atoms with Gasteiger partial charge in [-0.3, -0.25) is 0 Å². The Morgan fingerprint density at radius 1 is 1.25 bits per heavy atom. The third kappa shape index (κ3) is 2.46. The Labute approximate surface area is 117 Å². The highest BCUT2D eigenvalue weighted by atomic mass is 16.6. The quantitative estimate of drug-likeness (QED) is 0.914. The first kappa shape index (κ1) is 12.9. The molecule has 0 bridgehead atoms. The van der Waals surface area contributed by atoms with E-state index >= 15 is 0 Å². The van der Waals surface area contributed by atoms with E-state index < -0.39 is 0 Å². The second kappa shape index (κ2) is 5.13. The van der Waals surface area contributed by atoms with Gasteiger partial charge in [-0.2, -0.15) is 5.10 Å². The van der Waals surface area contributed by atoms with Crippen LogP contribution in [-0.2, 0) is 6.54 Å². The molecule has 2 heterocycles. The number of nitrogens with two attached hydrogens (primary N) is 1. The lowest BCUT2D eigenvalue weighted by Crippen LogP contribution is -2.20. The number of aryl methyl sites for hydroxylation is 2. The van der Waals surface area contributed by atoms with Crippen LogP contribution in [-0.4, -0.2) is 28.0 Å². The predicted molar refractivity (Wildman–Crippen MR) is 73.9 cm³/mol. The molecule has 0 fully saturated rings. The molecule has 1 aliphatic heterocycles. The fraction of sp³-hybridized carbons (Fsp3) is 0.429. The van der Waals surface area contributed by atoms with Crippen LogP contribution in [0.25, 0.3) is 0 Å². The Morgan fingerprint density at radius 2 is 2.00 bits per heavy atom. The van der Waals surface area contributed by atoms with Crippen molar-refractivity contribution in [3.63, 3.8) is 0 Å². The predicted octanol–water partition coefficient (Wildman–Crippen LogP) is 1.37. The number of rotatable bonds is 3. The van der Waals surface area contributed by atoms with Crippen LogP contribution in [0.15, 0.2) is 18.2 Å². The van der Waals surface area contributed by atoms with Gasteiger partial charge in [-0.05, 0) is 31.5 Å². The Balaban J connectivity index is 1.80. The van der Waals surface area contributed by atoms with Gasteiger partial charge in [0.2, 0.25) is 0 Å². The van der Waals surface area contributed by atoms with Gasteiger partial charge in [-0.15, -0.1) is 0 Å². The lowest BCUT2D eigenvalue weighted by molar-refractivity contribution is 0.171. The highest BCUT2D eigenvalue weighted by Gasteiger charge is 2.16. The van der Waals surface area contributed by atoms with Gasteiger partial charge < -0.3 is 15.2 Å². The van der Waals surface area contributed by atoms with Crippen LogP contribution in [0.4, 0.5) is 0 Å². The standard InChI is InChI=1S/C14H18N4O2/c1-9-16-10(2)18(17-9)8-12(15)11-3-4-13-14(7-11)20-6-5-19-13/h3-4,7,12H,5-6,8,15H2,1-2H3. The summed E-state index contributed by atoms with van der Waals surface area (Å²) in [6.07, 6.45) is 0. The molecule has 1 aromatic carbocycles. The Bertz CT molecular complexity index is 624. The average molecular weight is 274 g/mol. The van der Waals surface area contributed by atoms with Crippen LogP contribution in [0, 0.1) is 13.8 Å². The first-order valence-electron chi connectivity index (χ1n) is 6.66. The van der Waals surface area contributed by atoms with Gasteiger partial charge in [0.15, 0.2) is 11.5 Å². The van der Waals surface area contributed by atoms with Crippen molar-refractivity contribution in [2.24, 2.45) is 5.73 Å². The van der Waals surface area contributed by atoms with E-state index in [1.807, 2.05) is 36.7 Å². The number of aromatic nitrogens is 3. The van der Waals surface area contributed by atoms with Crippen molar-refractivity contribution in [2.45, 2.75) is 26.4 Å². The lowest BCUT2D eigenvalue weighted by Gasteiger charge is -2.20. The molecule has 0 radical (unpaired) electrons. The zero-order valence-corrected chi connectivity index (χ0v) is 11.7.